The first kappa shape index (κ1) is 8.75. The Morgan fingerprint density at radius 2 is 2.58 bits per heavy atom. The van der Waals surface area contributed by atoms with E-state index in [1.807, 2.05) is 18.4 Å². The molecular formula is C8H7NO2S. The molecule has 0 fully saturated rings. The number of rotatable bonds is 2. The van der Waals surface area contributed by atoms with Gasteiger partial charge in [0.25, 0.3) is 0 Å². The van der Waals surface area contributed by atoms with E-state index in [1.165, 1.54) is 11.3 Å². The van der Waals surface area contributed by atoms with E-state index in [1.54, 1.807) is 6.07 Å². The molecule has 0 atom stereocenters. The van der Waals surface area contributed by atoms with Crippen molar-refractivity contribution in [3.63, 3.8) is 0 Å². The smallest absolute Gasteiger partial charge is 0.349 e. The van der Waals surface area contributed by atoms with E-state index in [4.69, 9.17) is 5.26 Å². The molecule has 0 bridgehead atoms. The molecule has 0 N–H and O–H groups in total. The second-order valence-electron chi connectivity index (χ2n) is 2.17. The van der Waals surface area contributed by atoms with Crippen LogP contribution in [0.3, 0.4) is 0 Å². The van der Waals surface area contributed by atoms with Gasteiger partial charge in [0.2, 0.25) is 0 Å². The molecule has 0 saturated carbocycles. The summed E-state index contributed by atoms with van der Waals surface area (Å²) in [4.78, 5) is 11.7. The number of esters is 1. The minimum atomic E-state index is -0.413. The van der Waals surface area contributed by atoms with Gasteiger partial charge in [0.1, 0.15) is 10.9 Å². The Hall–Kier alpha value is -1.34. The Morgan fingerprint density at radius 1 is 1.83 bits per heavy atom. The summed E-state index contributed by atoms with van der Waals surface area (Å²) in [6.07, 6.45) is 0. The van der Waals surface area contributed by atoms with Crippen LogP contribution >= 0.6 is 11.3 Å². The van der Waals surface area contributed by atoms with Crippen LogP contribution in [-0.2, 0) is 4.74 Å². The molecule has 0 aliphatic carbocycles. The van der Waals surface area contributed by atoms with Gasteiger partial charge >= 0.3 is 5.97 Å². The number of thiophene rings is 1. The Morgan fingerprint density at radius 3 is 3.08 bits per heavy atom. The van der Waals surface area contributed by atoms with E-state index in [2.05, 4.69) is 4.74 Å². The number of aryl methyl sites for hydroxylation is 1. The van der Waals surface area contributed by atoms with E-state index in [0.717, 1.165) is 5.56 Å². The lowest BCUT2D eigenvalue weighted by Crippen LogP contribution is -2.04. The highest BCUT2D eigenvalue weighted by molar-refractivity contribution is 7.12. The van der Waals surface area contributed by atoms with Crippen molar-refractivity contribution < 1.29 is 9.53 Å². The van der Waals surface area contributed by atoms with Gasteiger partial charge in [-0.2, -0.15) is 5.26 Å². The lowest BCUT2D eigenvalue weighted by Gasteiger charge is -1.97. The van der Waals surface area contributed by atoms with E-state index in [9.17, 15) is 4.79 Å². The van der Waals surface area contributed by atoms with Gasteiger partial charge in [0.05, 0.1) is 0 Å². The van der Waals surface area contributed by atoms with E-state index < -0.39 is 5.97 Å². The molecule has 12 heavy (non-hydrogen) atoms. The van der Waals surface area contributed by atoms with Gasteiger partial charge in [0.15, 0.2) is 6.61 Å². The van der Waals surface area contributed by atoms with Gasteiger partial charge < -0.3 is 4.74 Å². The summed E-state index contributed by atoms with van der Waals surface area (Å²) in [6.45, 7) is 1.65. The second-order valence-corrected chi connectivity index (χ2v) is 3.08. The van der Waals surface area contributed by atoms with Crippen LogP contribution in [0.15, 0.2) is 11.4 Å². The Balaban J connectivity index is 2.67. The van der Waals surface area contributed by atoms with Crippen molar-refractivity contribution in [1.29, 1.82) is 5.26 Å². The van der Waals surface area contributed by atoms with Crippen molar-refractivity contribution in [3.05, 3.63) is 21.9 Å². The van der Waals surface area contributed by atoms with Crippen molar-refractivity contribution in [1.82, 2.24) is 0 Å². The Labute approximate surface area is 74.2 Å². The van der Waals surface area contributed by atoms with Crippen LogP contribution in [0.2, 0.25) is 0 Å². The molecule has 0 radical (unpaired) electrons. The second kappa shape index (κ2) is 3.88. The van der Waals surface area contributed by atoms with Crippen molar-refractivity contribution in [2.24, 2.45) is 0 Å². The quantitative estimate of drug-likeness (QED) is 0.653. The molecule has 1 heterocycles. The third-order valence-corrected chi connectivity index (χ3v) is 2.31. The minimum absolute atomic E-state index is 0.184. The average molecular weight is 181 g/mol. The van der Waals surface area contributed by atoms with Crippen LogP contribution < -0.4 is 0 Å². The van der Waals surface area contributed by atoms with Gasteiger partial charge in [-0.15, -0.1) is 11.3 Å². The molecule has 1 aromatic rings. The monoisotopic (exact) mass is 181 g/mol. The first-order valence-corrected chi connectivity index (χ1v) is 4.22. The molecule has 0 amide bonds. The number of hydrogen-bond acceptors (Lipinski definition) is 4. The predicted octanol–water partition coefficient (Wildman–Crippen LogP) is 1.74. The van der Waals surface area contributed by atoms with Gasteiger partial charge in [-0.05, 0) is 23.9 Å². The highest BCUT2D eigenvalue weighted by atomic mass is 32.1. The summed E-state index contributed by atoms with van der Waals surface area (Å²) in [5.41, 5.74) is 0.892. The fraction of sp³-hybridized carbons (Fsp3) is 0.250. The third-order valence-electron chi connectivity index (χ3n) is 1.32. The standard InChI is InChI=1S/C8H7NO2S/c1-6-2-5-12-7(6)8(10)11-4-3-9/h2,5H,4H2,1H3. The maximum atomic E-state index is 11.1. The predicted molar refractivity (Wildman–Crippen MR) is 45.0 cm³/mol. The van der Waals surface area contributed by atoms with Crippen molar-refractivity contribution in [3.8, 4) is 6.07 Å². The number of ether oxygens (including phenoxy) is 1. The first-order valence-electron chi connectivity index (χ1n) is 3.34. The SMILES string of the molecule is Cc1ccsc1C(=O)OCC#N. The minimum Gasteiger partial charge on any atom is -0.446 e. The number of nitrogens with zero attached hydrogens (tertiary/aromatic N) is 1. The molecule has 3 nitrogen and oxygen atoms in total. The maximum absolute atomic E-state index is 11.1. The highest BCUT2D eigenvalue weighted by Crippen LogP contribution is 2.16. The first-order chi connectivity index (χ1) is 5.75. The lowest BCUT2D eigenvalue weighted by atomic mass is 10.3. The van der Waals surface area contributed by atoms with E-state index in [0.29, 0.717) is 4.88 Å². The normalized spacial score (nSPS) is 9.00. The molecule has 0 unspecified atom stereocenters. The van der Waals surface area contributed by atoms with Crippen LogP contribution in [-0.4, -0.2) is 12.6 Å². The summed E-state index contributed by atoms with van der Waals surface area (Å²) in [6, 6.07) is 3.58. The average Bonchev–Trinajstić information content (AvgIpc) is 2.47. The molecule has 4 heteroatoms. The molecule has 1 aromatic heterocycles. The number of hydrogen-bond donors (Lipinski definition) is 0. The molecule has 0 aromatic carbocycles. The molecule has 0 spiro atoms. The van der Waals surface area contributed by atoms with Crippen molar-refractivity contribution in [2.75, 3.05) is 6.61 Å². The van der Waals surface area contributed by atoms with Crippen LogP contribution in [0.1, 0.15) is 15.2 Å². The van der Waals surface area contributed by atoms with Crippen LogP contribution in [0, 0.1) is 18.3 Å². The lowest BCUT2D eigenvalue weighted by molar-refractivity contribution is 0.0560. The van der Waals surface area contributed by atoms with Crippen molar-refractivity contribution >= 4 is 17.3 Å². The van der Waals surface area contributed by atoms with Crippen LogP contribution in [0.4, 0.5) is 0 Å². The zero-order valence-corrected chi connectivity index (χ0v) is 7.35. The van der Waals surface area contributed by atoms with E-state index >= 15 is 0 Å². The Kier molecular flexibility index (Phi) is 2.83. The van der Waals surface area contributed by atoms with Crippen LogP contribution in [0.25, 0.3) is 0 Å². The zero-order valence-electron chi connectivity index (χ0n) is 6.53. The van der Waals surface area contributed by atoms with Gasteiger partial charge in [0, 0.05) is 0 Å². The summed E-state index contributed by atoms with van der Waals surface area (Å²) >= 11 is 1.32. The summed E-state index contributed by atoms with van der Waals surface area (Å²) in [5.74, 6) is -0.413. The number of carbonyl (C=O) groups excluding carboxylic acids is 1. The maximum Gasteiger partial charge on any atom is 0.349 e. The van der Waals surface area contributed by atoms with E-state index in [-0.39, 0.29) is 6.61 Å². The van der Waals surface area contributed by atoms with Gasteiger partial charge in [-0.25, -0.2) is 4.79 Å². The van der Waals surface area contributed by atoms with Crippen molar-refractivity contribution in [2.45, 2.75) is 6.92 Å². The number of carbonyl (C=O) groups is 1. The molecular weight excluding hydrogens is 174 g/mol. The Bertz CT molecular complexity index is 324. The summed E-state index contributed by atoms with van der Waals surface area (Å²) in [5, 5.41) is 9.98. The van der Waals surface area contributed by atoms with Gasteiger partial charge in [-0.3, -0.25) is 0 Å². The van der Waals surface area contributed by atoms with Gasteiger partial charge in [-0.1, -0.05) is 0 Å². The highest BCUT2D eigenvalue weighted by Gasteiger charge is 2.10. The third kappa shape index (κ3) is 1.83. The fourth-order valence-corrected chi connectivity index (χ4v) is 1.56. The summed E-state index contributed by atoms with van der Waals surface area (Å²) < 4.78 is 4.63. The molecule has 62 valence electrons. The zero-order chi connectivity index (χ0) is 8.97. The molecule has 0 aliphatic heterocycles. The van der Waals surface area contributed by atoms with Crippen LogP contribution in [0.5, 0.6) is 0 Å². The molecule has 0 saturated heterocycles. The number of nitriles is 1. The molecule has 0 aliphatic rings. The molecule has 1 rings (SSSR count). The largest absolute Gasteiger partial charge is 0.446 e. The topological polar surface area (TPSA) is 50.1 Å². The summed E-state index contributed by atoms with van der Waals surface area (Å²) in [7, 11) is 0. The fourth-order valence-electron chi connectivity index (χ4n) is 0.745.